The van der Waals surface area contributed by atoms with Crippen LogP contribution in [0.3, 0.4) is 0 Å². The maximum absolute atomic E-state index is 9.84. The number of aryl methyl sites for hydroxylation is 1. The molecule has 1 aromatic rings. The maximum Gasteiger partial charge on any atom is 0.0937 e. The predicted octanol–water partition coefficient (Wildman–Crippen LogP) is 2.71. The summed E-state index contributed by atoms with van der Waals surface area (Å²) < 4.78 is 2.21. The number of aliphatic hydroxyl groups excluding tert-OH is 1. The van der Waals surface area contributed by atoms with Gasteiger partial charge in [0.15, 0.2) is 0 Å². The fourth-order valence-electron chi connectivity index (χ4n) is 2.01. The van der Waals surface area contributed by atoms with Crippen LogP contribution in [0.2, 0.25) is 0 Å². The van der Waals surface area contributed by atoms with Gasteiger partial charge in [0.1, 0.15) is 0 Å². The minimum atomic E-state index is -0.655. The largest absolute Gasteiger partial charge is 0.387 e. The zero-order valence-corrected chi connectivity index (χ0v) is 10.5. The molecule has 1 rings (SSSR count). The molecule has 0 aliphatic rings. The highest BCUT2D eigenvalue weighted by atomic mass is 16.3. The van der Waals surface area contributed by atoms with E-state index in [0.29, 0.717) is 5.92 Å². The van der Waals surface area contributed by atoms with Crippen molar-refractivity contribution in [2.75, 3.05) is 0 Å². The molecule has 0 spiro atoms. The van der Waals surface area contributed by atoms with Gasteiger partial charge in [-0.3, -0.25) is 0 Å². The quantitative estimate of drug-likeness (QED) is 0.848. The Balaban J connectivity index is 3.02. The second-order valence-electron chi connectivity index (χ2n) is 4.71. The molecule has 16 heavy (non-hydrogen) atoms. The molecule has 3 heteroatoms. The summed E-state index contributed by atoms with van der Waals surface area (Å²) in [5.74, 6) is 0.575. The van der Waals surface area contributed by atoms with Crippen molar-refractivity contribution >= 4 is 0 Å². The molecule has 0 aliphatic heterocycles. The van der Waals surface area contributed by atoms with Crippen LogP contribution in [-0.2, 0) is 6.54 Å². The van der Waals surface area contributed by atoms with Gasteiger partial charge < -0.3 is 9.67 Å². The molecule has 88 valence electrons. The topological polar surface area (TPSA) is 48.9 Å². The van der Waals surface area contributed by atoms with Crippen LogP contribution >= 0.6 is 0 Å². The van der Waals surface area contributed by atoms with E-state index in [4.69, 9.17) is 5.26 Å². The summed E-state index contributed by atoms with van der Waals surface area (Å²) in [5, 5.41) is 18.4. The number of nitrogens with zero attached hydrogens (tertiary/aromatic N) is 2. The van der Waals surface area contributed by atoms with Gasteiger partial charge in [0.25, 0.3) is 0 Å². The van der Waals surface area contributed by atoms with Crippen LogP contribution in [0.5, 0.6) is 0 Å². The van der Waals surface area contributed by atoms with Gasteiger partial charge in [-0.05, 0) is 25.8 Å². The first-order valence-corrected chi connectivity index (χ1v) is 5.69. The molecule has 3 nitrogen and oxygen atoms in total. The van der Waals surface area contributed by atoms with Gasteiger partial charge in [0, 0.05) is 23.5 Å². The molecule has 0 aromatic carbocycles. The average molecular weight is 220 g/mol. The number of rotatable bonds is 4. The second-order valence-corrected chi connectivity index (χ2v) is 4.71. The lowest BCUT2D eigenvalue weighted by molar-refractivity contribution is 0.182. The summed E-state index contributed by atoms with van der Waals surface area (Å²) in [6.45, 7) is 9.34. The van der Waals surface area contributed by atoms with E-state index in [1.165, 1.54) is 0 Å². The molecule has 0 aliphatic carbocycles. The van der Waals surface area contributed by atoms with Crippen LogP contribution in [-0.4, -0.2) is 9.67 Å². The predicted molar refractivity (Wildman–Crippen MR) is 63.9 cm³/mol. The molecule has 1 aromatic heterocycles. The van der Waals surface area contributed by atoms with Crippen LogP contribution in [0, 0.1) is 31.1 Å². The maximum atomic E-state index is 9.84. The first kappa shape index (κ1) is 12.8. The summed E-state index contributed by atoms with van der Waals surface area (Å²) in [4.78, 5) is 0. The Morgan fingerprint density at radius 1 is 1.44 bits per heavy atom. The zero-order valence-electron chi connectivity index (χ0n) is 10.5. The minimum absolute atomic E-state index is 0.159. The van der Waals surface area contributed by atoms with Crippen LogP contribution in [0.4, 0.5) is 0 Å². The third-order valence-electron chi connectivity index (χ3n) is 2.80. The van der Waals surface area contributed by atoms with Crippen molar-refractivity contribution in [2.45, 2.75) is 46.8 Å². The van der Waals surface area contributed by atoms with E-state index < -0.39 is 6.10 Å². The molecule has 1 atom stereocenters. The molecule has 0 bridgehead atoms. The van der Waals surface area contributed by atoms with Gasteiger partial charge in [-0.2, -0.15) is 5.26 Å². The molecular weight excluding hydrogens is 200 g/mol. The van der Waals surface area contributed by atoms with Gasteiger partial charge in [-0.25, -0.2) is 0 Å². The molecule has 0 fully saturated rings. The fraction of sp³-hybridized carbons (Fsp3) is 0.615. The highest BCUT2D eigenvalue weighted by Gasteiger charge is 2.16. The fourth-order valence-corrected chi connectivity index (χ4v) is 2.01. The van der Waals surface area contributed by atoms with Crippen LogP contribution in [0.1, 0.15) is 43.3 Å². The first-order chi connectivity index (χ1) is 7.47. The van der Waals surface area contributed by atoms with Gasteiger partial charge in [-0.1, -0.05) is 13.8 Å². The van der Waals surface area contributed by atoms with Crippen molar-refractivity contribution in [1.82, 2.24) is 4.57 Å². The van der Waals surface area contributed by atoms with E-state index in [0.717, 1.165) is 23.5 Å². The van der Waals surface area contributed by atoms with E-state index in [2.05, 4.69) is 18.4 Å². The second kappa shape index (κ2) is 5.18. The normalized spacial score (nSPS) is 12.8. The standard InChI is InChI=1S/C13H20N2O/c1-9(2)8-15-10(3)7-12(11(15)4)13(16)5-6-14/h7,9,13,16H,5,8H2,1-4H3. The van der Waals surface area contributed by atoms with Crippen LogP contribution in [0.15, 0.2) is 6.07 Å². The first-order valence-electron chi connectivity index (χ1n) is 5.69. The lowest BCUT2D eigenvalue weighted by Crippen LogP contribution is -2.08. The summed E-state index contributed by atoms with van der Waals surface area (Å²) >= 11 is 0. The number of nitriles is 1. The Bertz CT molecular complexity index is 399. The summed E-state index contributed by atoms with van der Waals surface area (Å²) in [5.41, 5.74) is 3.12. The zero-order chi connectivity index (χ0) is 12.3. The van der Waals surface area contributed by atoms with Crippen LogP contribution < -0.4 is 0 Å². The number of aliphatic hydroxyl groups is 1. The van der Waals surface area contributed by atoms with Crippen LogP contribution in [0.25, 0.3) is 0 Å². The Morgan fingerprint density at radius 3 is 2.56 bits per heavy atom. The number of aromatic nitrogens is 1. The van der Waals surface area contributed by atoms with E-state index in [1.807, 2.05) is 26.0 Å². The summed E-state index contributed by atoms with van der Waals surface area (Å²) in [7, 11) is 0. The van der Waals surface area contributed by atoms with Gasteiger partial charge in [-0.15, -0.1) is 0 Å². The van der Waals surface area contributed by atoms with Crippen molar-refractivity contribution in [1.29, 1.82) is 5.26 Å². The van der Waals surface area contributed by atoms with E-state index in [9.17, 15) is 5.11 Å². The number of hydrogen-bond acceptors (Lipinski definition) is 2. The monoisotopic (exact) mass is 220 g/mol. The third kappa shape index (κ3) is 2.65. The van der Waals surface area contributed by atoms with Crippen molar-refractivity contribution in [3.8, 4) is 6.07 Å². The molecule has 1 unspecified atom stereocenters. The van der Waals surface area contributed by atoms with Gasteiger partial charge in [0.2, 0.25) is 0 Å². The molecule has 0 radical (unpaired) electrons. The molecular formula is C13H20N2O. The molecule has 0 amide bonds. The Hall–Kier alpha value is -1.27. The SMILES string of the molecule is Cc1cc(C(O)CC#N)c(C)n1CC(C)C. The van der Waals surface area contributed by atoms with Gasteiger partial charge in [0.05, 0.1) is 18.6 Å². The Morgan fingerprint density at radius 2 is 2.06 bits per heavy atom. The summed E-state index contributed by atoms with van der Waals surface area (Å²) in [6, 6.07) is 3.99. The van der Waals surface area contributed by atoms with E-state index in [1.54, 1.807) is 0 Å². The van der Waals surface area contributed by atoms with Crippen molar-refractivity contribution < 1.29 is 5.11 Å². The minimum Gasteiger partial charge on any atom is -0.387 e. The third-order valence-corrected chi connectivity index (χ3v) is 2.80. The summed E-state index contributed by atoms with van der Waals surface area (Å²) in [6.07, 6.45) is -0.497. The molecule has 0 saturated carbocycles. The average Bonchev–Trinajstić information content (AvgIpc) is 2.45. The highest BCUT2D eigenvalue weighted by Crippen LogP contribution is 2.24. The smallest absolute Gasteiger partial charge is 0.0937 e. The molecule has 0 saturated heterocycles. The lowest BCUT2D eigenvalue weighted by Gasteiger charge is -2.13. The molecule has 1 heterocycles. The van der Waals surface area contributed by atoms with Gasteiger partial charge >= 0.3 is 0 Å². The van der Waals surface area contributed by atoms with Crippen molar-refractivity contribution in [3.63, 3.8) is 0 Å². The molecule has 1 N–H and O–H groups in total. The van der Waals surface area contributed by atoms with Crippen molar-refractivity contribution in [2.24, 2.45) is 5.92 Å². The Kier molecular flexibility index (Phi) is 4.14. The van der Waals surface area contributed by atoms with E-state index >= 15 is 0 Å². The lowest BCUT2D eigenvalue weighted by atomic mass is 10.1. The Labute approximate surface area is 97.3 Å². The highest BCUT2D eigenvalue weighted by molar-refractivity contribution is 5.29. The van der Waals surface area contributed by atoms with Crippen molar-refractivity contribution in [3.05, 3.63) is 23.0 Å². The number of hydrogen-bond donors (Lipinski definition) is 1. The van der Waals surface area contributed by atoms with E-state index in [-0.39, 0.29) is 6.42 Å².